The van der Waals surface area contributed by atoms with Gasteiger partial charge in [0, 0.05) is 11.6 Å². The highest BCUT2D eigenvalue weighted by molar-refractivity contribution is 7.46. The zero-order chi connectivity index (χ0) is 14.0. The summed E-state index contributed by atoms with van der Waals surface area (Å²) in [6.07, 6.45) is 0. The molecule has 3 N–H and O–H groups in total. The second-order valence-electron chi connectivity index (χ2n) is 4.96. The minimum absolute atomic E-state index is 0.00199. The van der Waals surface area contributed by atoms with Gasteiger partial charge in [-0.25, -0.2) is 4.57 Å². The van der Waals surface area contributed by atoms with Gasteiger partial charge in [0.2, 0.25) is 0 Å². The van der Waals surface area contributed by atoms with Gasteiger partial charge in [0.1, 0.15) is 0 Å². The van der Waals surface area contributed by atoms with Crippen LogP contribution in [0.4, 0.5) is 0 Å². The minimum atomic E-state index is -4.51. The normalized spacial score (nSPS) is 12.8. The molecule has 0 aliphatic rings. The van der Waals surface area contributed by atoms with Crippen LogP contribution in [0.3, 0.4) is 0 Å². The van der Waals surface area contributed by atoms with Gasteiger partial charge in [0.05, 0.1) is 0 Å². The number of phosphoric acid groups is 1. The predicted molar refractivity (Wildman–Crippen MR) is 70.1 cm³/mol. The van der Waals surface area contributed by atoms with Gasteiger partial charge in [-0.3, -0.25) is 0 Å². The Morgan fingerprint density at radius 2 is 2.00 bits per heavy atom. The van der Waals surface area contributed by atoms with E-state index in [9.17, 15) is 4.57 Å². The summed E-state index contributed by atoms with van der Waals surface area (Å²) in [4.78, 5) is 17.0. The lowest BCUT2D eigenvalue weighted by molar-refractivity contribution is 0.121. The molecule has 0 aromatic heterocycles. The Morgan fingerprint density at radius 3 is 2.44 bits per heavy atom. The van der Waals surface area contributed by atoms with E-state index in [2.05, 4.69) is 30.9 Å². The molecule has 0 bridgehead atoms. The summed E-state index contributed by atoms with van der Waals surface area (Å²) in [6, 6.07) is 5.58. The van der Waals surface area contributed by atoms with Crippen LogP contribution < -0.4 is 5.48 Å². The highest BCUT2D eigenvalue weighted by Gasteiger charge is 2.16. The predicted octanol–water partition coefficient (Wildman–Crippen LogP) is 2.75. The summed E-state index contributed by atoms with van der Waals surface area (Å²) >= 11 is 6.10. The molecule has 1 aromatic rings. The molecule has 0 fully saturated rings. The second kappa shape index (κ2) is 5.70. The molecule has 102 valence electrons. The Bertz CT molecular complexity index is 467. The first-order valence-corrected chi connectivity index (χ1v) is 7.26. The molecule has 0 unspecified atom stereocenters. The molecule has 18 heavy (non-hydrogen) atoms. The maximum Gasteiger partial charge on any atom is 0.486 e. The zero-order valence-corrected chi connectivity index (χ0v) is 12.1. The van der Waals surface area contributed by atoms with E-state index in [0.717, 1.165) is 5.56 Å². The lowest BCUT2D eigenvalue weighted by atomic mass is 9.87. The molecule has 0 aliphatic heterocycles. The number of rotatable bonds is 4. The fraction of sp³-hybridized carbons (Fsp3) is 0.455. The molecule has 0 spiro atoms. The monoisotopic (exact) mass is 293 g/mol. The summed E-state index contributed by atoms with van der Waals surface area (Å²) in [5.74, 6) is 0. The molecule has 0 saturated carbocycles. The van der Waals surface area contributed by atoms with Crippen LogP contribution in [0.2, 0.25) is 5.02 Å². The minimum Gasteiger partial charge on any atom is -0.302 e. The number of nitrogens with one attached hydrogen (secondary N) is 1. The van der Waals surface area contributed by atoms with E-state index in [0.29, 0.717) is 10.6 Å². The zero-order valence-electron chi connectivity index (χ0n) is 10.5. The molecule has 0 heterocycles. The Hall–Kier alpha value is -0.420. The van der Waals surface area contributed by atoms with E-state index in [1.807, 2.05) is 12.1 Å². The SMILES string of the molecule is CC(C)(C)c1ccc(CNOP(=O)(O)O)c(Cl)c1. The van der Waals surface area contributed by atoms with Crippen LogP contribution in [0.5, 0.6) is 0 Å². The van der Waals surface area contributed by atoms with E-state index >= 15 is 0 Å². The average molecular weight is 294 g/mol. The number of benzene rings is 1. The molecule has 1 rings (SSSR count). The van der Waals surface area contributed by atoms with Crippen molar-refractivity contribution < 1.29 is 19.0 Å². The molecule has 5 nitrogen and oxygen atoms in total. The molecule has 0 saturated heterocycles. The first-order chi connectivity index (χ1) is 8.09. The summed E-state index contributed by atoms with van der Waals surface area (Å²) in [6.45, 7) is 6.35. The van der Waals surface area contributed by atoms with Crippen LogP contribution in [-0.4, -0.2) is 9.79 Å². The highest BCUT2D eigenvalue weighted by atomic mass is 35.5. The van der Waals surface area contributed by atoms with Crippen molar-refractivity contribution in [1.29, 1.82) is 0 Å². The van der Waals surface area contributed by atoms with Gasteiger partial charge in [-0.15, -0.1) is 0 Å². The largest absolute Gasteiger partial charge is 0.486 e. The standard InChI is InChI=1S/C11H17ClNO4P/c1-11(2,3)9-5-4-8(10(12)6-9)7-13-17-18(14,15)16/h4-6,13H,7H2,1-3H3,(H2,14,15,16). The van der Waals surface area contributed by atoms with Crippen molar-refractivity contribution >= 4 is 19.4 Å². The topological polar surface area (TPSA) is 78.8 Å². The lowest BCUT2D eigenvalue weighted by Gasteiger charge is -2.20. The van der Waals surface area contributed by atoms with Gasteiger partial charge in [0.15, 0.2) is 0 Å². The molecule has 0 aliphatic carbocycles. The van der Waals surface area contributed by atoms with Crippen molar-refractivity contribution in [2.75, 3.05) is 0 Å². The van der Waals surface area contributed by atoms with E-state index in [1.54, 1.807) is 6.07 Å². The van der Waals surface area contributed by atoms with Crippen molar-refractivity contribution in [3.8, 4) is 0 Å². The Balaban J connectivity index is 2.72. The summed E-state index contributed by atoms with van der Waals surface area (Å²) in [7, 11) is -4.51. The van der Waals surface area contributed by atoms with Crippen molar-refractivity contribution in [1.82, 2.24) is 5.48 Å². The summed E-state index contributed by atoms with van der Waals surface area (Å²) in [5, 5.41) is 0.532. The van der Waals surface area contributed by atoms with Gasteiger partial charge in [-0.05, 0) is 22.6 Å². The van der Waals surface area contributed by atoms with Crippen molar-refractivity contribution in [3.63, 3.8) is 0 Å². The fourth-order valence-electron chi connectivity index (χ4n) is 1.35. The molecular formula is C11H17ClNO4P. The fourth-order valence-corrected chi connectivity index (χ4v) is 1.83. The highest BCUT2D eigenvalue weighted by Crippen LogP contribution is 2.34. The maximum absolute atomic E-state index is 10.5. The van der Waals surface area contributed by atoms with E-state index in [1.165, 1.54) is 0 Å². The van der Waals surface area contributed by atoms with Crippen LogP contribution in [0.15, 0.2) is 18.2 Å². The summed E-state index contributed by atoms with van der Waals surface area (Å²) < 4.78 is 14.6. The second-order valence-corrected chi connectivity index (χ2v) is 6.53. The lowest BCUT2D eigenvalue weighted by Crippen LogP contribution is -2.14. The maximum atomic E-state index is 10.5. The van der Waals surface area contributed by atoms with Crippen LogP contribution >= 0.6 is 19.4 Å². The molecule has 1 aromatic carbocycles. The van der Waals surface area contributed by atoms with Crippen LogP contribution in [0.1, 0.15) is 31.9 Å². The number of halogens is 1. The molecule has 0 amide bonds. The van der Waals surface area contributed by atoms with Crippen LogP contribution in [0, 0.1) is 0 Å². The number of hydroxylamine groups is 1. The van der Waals surface area contributed by atoms with Crippen LogP contribution in [0.25, 0.3) is 0 Å². The van der Waals surface area contributed by atoms with E-state index < -0.39 is 7.82 Å². The first kappa shape index (κ1) is 15.6. The van der Waals surface area contributed by atoms with E-state index in [4.69, 9.17) is 21.4 Å². The molecule has 7 heteroatoms. The number of hydrogen-bond donors (Lipinski definition) is 3. The Morgan fingerprint density at radius 1 is 1.39 bits per heavy atom. The quantitative estimate of drug-likeness (QED) is 0.587. The third-order valence-electron chi connectivity index (χ3n) is 2.37. The van der Waals surface area contributed by atoms with Crippen molar-refractivity contribution in [3.05, 3.63) is 34.3 Å². The third kappa shape index (κ3) is 5.06. The first-order valence-electron chi connectivity index (χ1n) is 5.35. The van der Waals surface area contributed by atoms with Gasteiger partial charge in [-0.2, -0.15) is 10.1 Å². The average Bonchev–Trinajstić information content (AvgIpc) is 2.17. The Labute approximate surface area is 111 Å². The van der Waals surface area contributed by atoms with E-state index in [-0.39, 0.29) is 12.0 Å². The van der Waals surface area contributed by atoms with Gasteiger partial charge in [0.25, 0.3) is 0 Å². The van der Waals surface area contributed by atoms with Gasteiger partial charge < -0.3 is 9.79 Å². The van der Waals surface area contributed by atoms with Gasteiger partial charge in [-0.1, -0.05) is 44.5 Å². The molecule has 0 atom stereocenters. The van der Waals surface area contributed by atoms with Crippen molar-refractivity contribution in [2.24, 2.45) is 0 Å². The Kier molecular flexibility index (Phi) is 4.95. The van der Waals surface area contributed by atoms with Crippen LogP contribution in [-0.2, 0) is 21.1 Å². The van der Waals surface area contributed by atoms with Crippen molar-refractivity contribution in [2.45, 2.75) is 32.7 Å². The molecular weight excluding hydrogens is 277 g/mol. The molecule has 0 radical (unpaired) electrons. The smallest absolute Gasteiger partial charge is 0.302 e. The number of hydrogen-bond acceptors (Lipinski definition) is 3. The third-order valence-corrected chi connectivity index (χ3v) is 3.08. The summed E-state index contributed by atoms with van der Waals surface area (Å²) in [5.41, 5.74) is 3.99. The van der Waals surface area contributed by atoms with Gasteiger partial charge >= 0.3 is 7.82 Å².